The molecule has 0 aliphatic heterocycles. The van der Waals surface area contributed by atoms with Crippen LogP contribution in [0, 0.1) is 17.1 Å². The molecule has 0 bridgehead atoms. The zero-order valence-electron chi connectivity index (χ0n) is 17.2. The van der Waals surface area contributed by atoms with Crippen LogP contribution in [0.4, 0.5) is 10.1 Å². The van der Waals surface area contributed by atoms with Gasteiger partial charge in [0.1, 0.15) is 24.1 Å². The Bertz CT molecular complexity index is 1240. The van der Waals surface area contributed by atoms with E-state index in [9.17, 15) is 14.4 Å². The third-order valence-corrected chi connectivity index (χ3v) is 5.64. The van der Waals surface area contributed by atoms with Gasteiger partial charge in [-0.25, -0.2) is 4.39 Å². The van der Waals surface area contributed by atoms with E-state index in [0.717, 1.165) is 5.56 Å². The summed E-state index contributed by atoms with van der Waals surface area (Å²) in [7, 11) is 1.47. The Morgan fingerprint density at radius 3 is 2.45 bits per heavy atom. The van der Waals surface area contributed by atoms with E-state index in [4.69, 9.17) is 32.7 Å². The summed E-state index contributed by atoms with van der Waals surface area (Å²) in [6.45, 7) is 0.189. The number of halogens is 4. The van der Waals surface area contributed by atoms with E-state index in [2.05, 4.69) is 21.2 Å². The predicted octanol–water partition coefficient (Wildman–Crippen LogP) is 7.03. The monoisotopic (exact) mass is 548 g/mol. The Morgan fingerprint density at radius 2 is 1.85 bits per heavy atom. The first-order chi connectivity index (χ1) is 15.8. The molecule has 0 radical (unpaired) electrons. The number of benzene rings is 3. The van der Waals surface area contributed by atoms with Gasteiger partial charge in [-0.1, -0.05) is 41.4 Å². The molecular formula is C24H16BrCl2FN2O3. The highest BCUT2D eigenvalue weighted by atomic mass is 79.9. The minimum atomic E-state index is -0.667. The van der Waals surface area contributed by atoms with Gasteiger partial charge in [0.2, 0.25) is 0 Å². The number of nitrogens with zero attached hydrogens (tertiary/aromatic N) is 1. The number of nitrogens with one attached hydrogen (secondary N) is 1. The van der Waals surface area contributed by atoms with Crippen LogP contribution in [0.25, 0.3) is 6.08 Å². The number of hydrogen-bond donors (Lipinski definition) is 1. The second-order valence-corrected chi connectivity index (χ2v) is 8.34. The van der Waals surface area contributed by atoms with Crippen molar-refractivity contribution in [1.82, 2.24) is 0 Å². The molecule has 1 N–H and O–H groups in total. The van der Waals surface area contributed by atoms with E-state index >= 15 is 0 Å². The fourth-order valence-corrected chi connectivity index (χ4v) is 3.88. The van der Waals surface area contributed by atoms with Crippen LogP contribution in [-0.4, -0.2) is 13.0 Å². The van der Waals surface area contributed by atoms with Gasteiger partial charge in [-0.2, -0.15) is 5.26 Å². The van der Waals surface area contributed by atoms with E-state index < -0.39 is 5.91 Å². The summed E-state index contributed by atoms with van der Waals surface area (Å²) in [5.41, 5.74) is 1.34. The van der Waals surface area contributed by atoms with Gasteiger partial charge in [-0.05, 0) is 69.5 Å². The maximum absolute atomic E-state index is 13.1. The van der Waals surface area contributed by atoms with Crippen LogP contribution >= 0.6 is 39.1 Å². The Hall–Kier alpha value is -3.05. The molecule has 1 amide bonds. The third kappa shape index (κ3) is 6.26. The Labute approximate surface area is 208 Å². The molecule has 0 atom stereocenters. The lowest BCUT2D eigenvalue weighted by Crippen LogP contribution is -2.14. The first kappa shape index (κ1) is 24.6. The molecule has 3 rings (SSSR count). The Balaban J connectivity index is 1.84. The number of ether oxygens (including phenoxy) is 2. The molecule has 0 saturated heterocycles. The van der Waals surface area contributed by atoms with Gasteiger partial charge in [-0.15, -0.1) is 0 Å². The van der Waals surface area contributed by atoms with Crippen molar-refractivity contribution in [2.24, 2.45) is 0 Å². The fraction of sp³-hybridized carbons (Fsp3) is 0.0833. The zero-order valence-corrected chi connectivity index (χ0v) is 20.3. The second kappa shape index (κ2) is 11.2. The van der Waals surface area contributed by atoms with Crippen molar-refractivity contribution in [3.8, 4) is 17.6 Å². The third-order valence-electron chi connectivity index (χ3n) is 4.43. The maximum atomic E-state index is 13.1. The number of nitriles is 1. The molecule has 0 fully saturated rings. The standard InChI is InChI=1S/C24H16BrCl2FN2O3/c1-32-21-11-15(10-18(25)23(21)33-13-14-5-7-17(28)8-6-14)9-16(12-29)24(31)30-22-19(26)3-2-4-20(22)27/h2-11H,13H2,1H3,(H,30,31)/b16-9+. The first-order valence-corrected chi connectivity index (χ1v) is 11.0. The SMILES string of the molecule is COc1cc(/C=C(\C#N)C(=O)Nc2c(Cl)cccc2Cl)cc(Br)c1OCc1ccc(F)cc1. The maximum Gasteiger partial charge on any atom is 0.266 e. The smallest absolute Gasteiger partial charge is 0.266 e. The number of para-hydroxylation sites is 1. The van der Waals surface area contributed by atoms with E-state index in [1.807, 2.05) is 6.07 Å². The minimum Gasteiger partial charge on any atom is -0.493 e. The normalized spacial score (nSPS) is 11.0. The van der Waals surface area contributed by atoms with Crippen molar-refractivity contribution in [3.63, 3.8) is 0 Å². The average Bonchev–Trinajstić information content (AvgIpc) is 2.79. The molecule has 0 saturated carbocycles. The van der Waals surface area contributed by atoms with Crippen LogP contribution in [0.3, 0.4) is 0 Å². The van der Waals surface area contributed by atoms with Crippen molar-refractivity contribution in [1.29, 1.82) is 5.26 Å². The minimum absolute atomic E-state index is 0.167. The predicted molar refractivity (Wildman–Crippen MR) is 130 cm³/mol. The summed E-state index contributed by atoms with van der Waals surface area (Å²) in [5.74, 6) is -0.198. The van der Waals surface area contributed by atoms with E-state index in [1.54, 1.807) is 42.5 Å². The van der Waals surface area contributed by atoms with Crippen molar-refractivity contribution in [2.45, 2.75) is 6.61 Å². The molecule has 33 heavy (non-hydrogen) atoms. The molecule has 0 aliphatic rings. The first-order valence-electron chi connectivity index (χ1n) is 9.44. The van der Waals surface area contributed by atoms with Crippen LogP contribution in [0.2, 0.25) is 10.0 Å². The summed E-state index contributed by atoms with van der Waals surface area (Å²) in [5, 5.41) is 12.6. The number of anilines is 1. The summed E-state index contributed by atoms with van der Waals surface area (Å²) >= 11 is 15.6. The number of carbonyl (C=O) groups is 1. The van der Waals surface area contributed by atoms with Crippen molar-refractivity contribution in [2.75, 3.05) is 12.4 Å². The molecule has 0 aromatic heterocycles. The van der Waals surface area contributed by atoms with Gasteiger partial charge in [0.15, 0.2) is 11.5 Å². The van der Waals surface area contributed by atoms with Crippen LogP contribution in [0.1, 0.15) is 11.1 Å². The highest BCUT2D eigenvalue weighted by molar-refractivity contribution is 9.10. The second-order valence-electron chi connectivity index (χ2n) is 6.67. The van der Waals surface area contributed by atoms with E-state index in [1.165, 1.54) is 25.3 Å². The largest absolute Gasteiger partial charge is 0.493 e. The summed E-state index contributed by atoms with van der Waals surface area (Å²) in [4.78, 5) is 12.6. The molecule has 0 unspecified atom stereocenters. The molecule has 0 heterocycles. The lowest BCUT2D eigenvalue weighted by Gasteiger charge is -2.14. The molecule has 168 valence electrons. The molecule has 0 aliphatic carbocycles. The summed E-state index contributed by atoms with van der Waals surface area (Å²) < 4.78 is 24.9. The number of hydrogen-bond acceptors (Lipinski definition) is 4. The number of rotatable bonds is 7. The molecular weight excluding hydrogens is 534 g/mol. The van der Waals surface area contributed by atoms with Gasteiger partial charge in [-0.3, -0.25) is 4.79 Å². The van der Waals surface area contributed by atoms with Gasteiger partial charge in [0.25, 0.3) is 5.91 Å². The number of carbonyl (C=O) groups excluding carboxylic acids is 1. The average molecular weight is 550 g/mol. The highest BCUT2D eigenvalue weighted by Crippen LogP contribution is 2.38. The Kier molecular flexibility index (Phi) is 8.34. The lowest BCUT2D eigenvalue weighted by atomic mass is 10.1. The quantitative estimate of drug-likeness (QED) is 0.254. The van der Waals surface area contributed by atoms with Gasteiger partial charge in [0.05, 0.1) is 27.3 Å². The highest BCUT2D eigenvalue weighted by Gasteiger charge is 2.16. The van der Waals surface area contributed by atoms with Crippen molar-refractivity contribution in [3.05, 3.63) is 91.6 Å². The topological polar surface area (TPSA) is 71.3 Å². The van der Waals surface area contributed by atoms with Crippen LogP contribution in [0.15, 0.2) is 64.6 Å². The Morgan fingerprint density at radius 1 is 1.18 bits per heavy atom. The van der Waals surface area contributed by atoms with Gasteiger partial charge < -0.3 is 14.8 Å². The zero-order chi connectivity index (χ0) is 24.0. The van der Waals surface area contributed by atoms with Crippen molar-refractivity contribution >= 4 is 56.8 Å². The van der Waals surface area contributed by atoms with Crippen LogP contribution in [-0.2, 0) is 11.4 Å². The molecule has 9 heteroatoms. The molecule has 0 spiro atoms. The van der Waals surface area contributed by atoms with E-state index in [-0.39, 0.29) is 33.7 Å². The van der Waals surface area contributed by atoms with Crippen molar-refractivity contribution < 1.29 is 18.7 Å². The lowest BCUT2D eigenvalue weighted by molar-refractivity contribution is -0.112. The molecule has 5 nitrogen and oxygen atoms in total. The van der Waals surface area contributed by atoms with Crippen LogP contribution < -0.4 is 14.8 Å². The fourth-order valence-electron chi connectivity index (χ4n) is 2.81. The number of methoxy groups -OCH3 is 1. The summed E-state index contributed by atoms with van der Waals surface area (Å²) in [6, 6.07) is 15.9. The van der Waals surface area contributed by atoms with E-state index in [0.29, 0.717) is 21.5 Å². The molecule has 3 aromatic rings. The van der Waals surface area contributed by atoms with Gasteiger partial charge in [0, 0.05) is 0 Å². The van der Waals surface area contributed by atoms with Crippen LogP contribution in [0.5, 0.6) is 11.5 Å². The molecule has 3 aromatic carbocycles. The summed E-state index contributed by atoms with van der Waals surface area (Å²) in [6.07, 6.45) is 1.40. The number of amides is 1. The van der Waals surface area contributed by atoms with Gasteiger partial charge >= 0.3 is 0 Å².